The molecule has 1 aromatic carbocycles. The van der Waals surface area contributed by atoms with Gasteiger partial charge in [-0.05, 0) is 25.5 Å². The van der Waals surface area contributed by atoms with Crippen molar-refractivity contribution in [2.75, 3.05) is 5.32 Å². The lowest BCUT2D eigenvalue weighted by molar-refractivity contribution is 0.922. The topological polar surface area (TPSA) is 68.0 Å². The number of benzene rings is 1. The molecule has 6 heteroatoms. The molecule has 0 fully saturated rings. The molecule has 0 bridgehead atoms. The van der Waals surface area contributed by atoms with Gasteiger partial charge in [0.05, 0.1) is 30.3 Å². The molecular formula is C19H18N6. The highest BCUT2D eigenvalue weighted by atomic mass is 15.2. The van der Waals surface area contributed by atoms with Gasteiger partial charge in [-0.3, -0.25) is 0 Å². The Morgan fingerprint density at radius 1 is 0.960 bits per heavy atom. The van der Waals surface area contributed by atoms with Gasteiger partial charge in [-0.25, -0.2) is 9.97 Å². The second-order valence-corrected chi connectivity index (χ2v) is 6.03. The van der Waals surface area contributed by atoms with Gasteiger partial charge in [-0.15, -0.1) is 5.10 Å². The largest absolute Gasteiger partial charge is 0.347 e. The van der Waals surface area contributed by atoms with Gasteiger partial charge in [0.25, 0.3) is 0 Å². The van der Waals surface area contributed by atoms with Crippen molar-refractivity contribution in [2.24, 2.45) is 0 Å². The summed E-state index contributed by atoms with van der Waals surface area (Å²) in [6.45, 7) is 4.71. The van der Waals surface area contributed by atoms with Crippen molar-refractivity contribution in [3.05, 3.63) is 71.8 Å². The summed E-state index contributed by atoms with van der Waals surface area (Å²) < 4.78 is 2.12. The van der Waals surface area contributed by atoms with Gasteiger partial charge in [0.2, 0.25) is 5.95 Å². The van der Waals surface area contributed by atoms with E-state index < -0.39 is 0 Å². The fourth-order valence-electron chi connectivity index (χ4n) is 2.80. The van der Waals surface area contributed by atoms with E-state index in [0.29, 0.717) is 12.5 Å². The van der Waals surface area contributed by atoms with Crippen LogP contribution in [0.3, 0.4) is 0 Å². The van der Waals surface area contributed by atoms with Crippen LogP contribution in [0.2, 0.25) is 0 Å². The number of aromatic nitrogens is 5. The average molecular weight is 330 g/mol. The molecular weight excluding hydrogens is 312 g/mol. The minimum absolute atomic E-state index is 0.500. The van der Waals surface area contributed by atoms with Gasteiger partial charge < -0.3 is 9.72 Å². The molecule has 4 aromatic rings. The van der Waals surface area contributed by atoms with Crippen LogP contribution in [0.15, 0.2) is 55.0 Å². The Balaban J connectivity index is 1.79. The summed E-state index contributed by atoms with van der Waals surface area (Å²) in [6, 6.07) is 12.5. The molecule has 6 nitrogen and oxygen atoms in total. The van der Waals surface area contributed by atoms with Crippen molar-refractivity contribution in [3.8, 4) is 11.3 Å². The lowest BCUT2D eigenvalue weighted by Gasteiger charge is -2.08. The summed E-state index contributed by atoms with van der Waals surface area (Å²) in [7, 11) is 0. The van der Waals surface area contributed by atoms with Crippen molar-refractivity contribution in [3.63, 3.8) is 0 Å². The van der Waals surface area contributed by atoms with Gasteiger partial charge in [0.15, 0.2) is 0 Å². The van der Waals surface area contributed by atoms with E-state index in [1.54, 1.807) is 12.4 Å². The standard InChI is InChI=1S/C19H18N6/c1-13-3-6-15(7-4-13)18-16(11-21-19-20-9-10-22-24-19)25-12-14(2)5-8-17(25)23-18/h3-10,12H,11H2,1-2H3,(H,20,21,24). The predicted octanol–water partition coefficient (Wildman–Crippen LogP) is 3.42. The molecule has 1 N–H and O–H groups in total. The maximum atomic E-state index is 4.83. The summed E-state index contributed by atoms with van der Waals surface area (Å²) in [4.78, 5) is 9.01. The van der Waals surface area contributed by atoms with Crippen molar-refractivity contribution < 1.29 is 0 Å². The van der Waals surface area contributed by atoms with Crippen LogP contribution < -0.4 is 5.32 Å². The lowest BCUT2D eigenvalue weighted by atomic mass is 10.1. The second-order valence-electron chi connectivity index (χ2n) is 6.03. The molecule has 25 heavy (non-hydrogen) atoms. The minimum atomic E-state index is 0.500. The summed E-state index contributed by atoms with van der Waals surface area (Å²) in [5.74, 6) is 0.500. The Morgan fingerprint density at radius 3 is 2.52 bits per heavy atom. The third-order valence-electron chi connectivity index (χ3n) is 4.09. The Kier molecular flexibility index (Phi) is 3.85. The van der Waals surface area contributed by atoms with Gasteiger partial charge in [-0.1, -0.05) is 35.9 Å². The summed E-state index contributed by atoms with van der Waals surface area (Å²) in [5, 5.41) is 11.1. The summed E-state index contributed by atoms with van der Waals surface area (Å²) >= 11 is 0. The number of hydrogen-bond acceptors (Lipinski definition) is 5. The van der Waals surface area contributed by atoms with E-state index in [2.05, 4.69) is 75.3 Å². The Hall–Kier alpha value is -3.28. The first kappa shape index (κ1) is 15.3. The van der Waals surface area contributed by atoms with Crippen molar-refractivity contribution >= 4 is 11.6 Å². The monoisotopic (exact) mass is 330 g/mol. The van der Waals surface area contributed by atoms with Crippen molar-refractivity contribution in [1.29, 1.82) is 0 Å². The minimum Gasteiger partial charge on any atom is -0.347 e. The van der Waals surface area contributed by atoms with Crippen molar-refractivity contribution in [2.45, 2.75) is 20.4 Å². The number of nitrogens with zero attached hydrogens (tertiary/aromatic N) is 5. The highest BCUT2D eigenvalue weighted by Gasteiger charge is 2.14. The number of nitrogens with one attached hydrogen (secondary N) is 1. The van der Waals surface area contributed by atoms with Crippen LogP contribution in [0, 0.1) is 13.8 Å². The zero-order valence-corrected chi connectivity index (χ0v) is 14.1. The van der Waals surface area contributed by atoms with E-state index in [1.165, 1.54) is 11.1 Å². The normalized spacial score (nSPS) is 11.0. The van der Waals surface area contributed by atoms with Gasteiger partial charge in [0.1, 0.15) is 5.65 Å². The zero-order chi connectivity index (χ0) is 17.2. The number of pyridine rings is 1. The van der Waals surface area contributed by atoms with E-state index in [1.807, 2.05) is 6.07 Å². The smallest absolute Gasteiger partial charge is 0.243 e. The fourth-order valence-corrected chi connectivity index (χ4v) is 2.80. The maximum Gasteiger partial charge on any atom is 0.243 e. The molecule has 4 rings (SSSR count). The number of hydrogen-bond donors (Lipinski definition) is 1. The molecule has 0 unspecified atom stereocenters. The van der Waals surface area contributed by atoms with E-state index in [-0.39, 0.29) is 0 Å². The molecule has 0 saturated heterocycles. The SMILES string of the molecule is Cc1ccc(-c2nc3ccc(C)cn3c2CNc2nccnn2)cc1. The third kappa shape index (κ3) is 3.06. The highest BCUT2D eigenvalue weighted by Crippen LogP contribution is 2.26. The van der Waals surface area contributed by atoms with Crippen LogP contribution in [-0.2, 0) is 6.54 Å². The molecule has 3 heterocycles. The average Bonchev–Trinajstić information content (AvgIpc) is 2.99. The van der Waals surface area contributed by atoms with E-state index in [9.17, 15) is 0 Å². The molecule has 0 aliphatic heterocycles. The zero-order valence-electron chi connectivity index (χ0n) is 14.1. The van der Waals surface area contributed by atoms with Crippen LogP contribution in [0.5, 0.6) is 0 Å². The van der Waals surface area contributed by atoms with E-state index in [0.717, 1.165) is 22.6 Å². The molecule has 0 aliphatic rings. The molecule has 3 aromatic heterocycles. The summed E-state index contributed by atoms with van der Waals surface area (Å²) in [6.07, 6.45) is 5.27. The number of rotatable bonds is 4. The Bertz CT molecular complexity index is 1010. The summed E-state index contributed by atoms with van der Waals surface area (Å²) in [5.41, 5.74) is 6.45. The Morgan fingerprint density at radius 2 is 1.76 bits per heavy atom. The molecule has 0 spiro atoms. The maximum absolute atomic E-state index is 4.83. The van der Waals surface area contributed by atoms with Crippen LogP contribution >= 0.6 is 0 Å². The second kappa shape index (κ2) is 6.32. The fraction of sp³-hybridized carbons (Fsp3) is 0.158. The van der Waals surface area contributed by atoms with Crippen LogP contribution in [0.25, 0.3) is 16.9 Å². The quantitative estimate of drug-likeness (QED) is 0.621. The first-order valence-corrected chi connectivity index (χ1v) is 8.13. The van der Waals surface area contributed by atoms with Crippen LogP contribution in [-0.4, -0.2) is 24.6 Å². The molecule has 124 valence electrons. The van der Waals surface area contributed by atoms with Gasteiger partial charge >= 0.3 is 0 Å². The molecule has 0 aliphatic carbocycles. The third-order valence-corrected chi connectivity index (χ3v) is 4.09. The highest BCUT2D eigenvalue weighted by molar-refractivity contribution is 5.67. The predicted molar refractivity (Wildman–Crippen MR) is 97.3 cm³/mol. The number of fused-ring (bicyclic) bond motifs is 1. The van der Waals surface area contributed by atoms with E-state index >= 15 is 0 Å². The lowest BCUT2D eigenvalue weighted by Crippen LogP contribution is -2.07. The molecule has 0 saturated carbocycles. The van der Waals surface area contributed by atoms with Gasteiger partial charge in [0, 0.05) is 11.8 Å². The van der Waals surface area contributed by atoms with Gasteiger partial charge in [-0.2, -0.15) is 5.10 Å². The molecule has 0 radical (unpaired) electrons. The number of anilines is 1. The number of aryl methyl sites for hydroxylation is 2. The molecule has 0 atom stereocenters. The number of imidazole rings is 1. The van der Waals surface area contributed by atoms with E-state index in [4.69, 9.17) is 4.98 Å². The van der Waals surface area contributed by atoms with Crippen LogP contribution in [0.1, 0.15) is 16.8 Å². The first-order chi connectivity index (χ1) is 12.2. The Labute approximate surface area is 145 Å². The molecule has 0 amide bonds. The van der Waals surface area contributed by atoms with Crippen molar-refractivity contribution in [1.82, 2.24) is 24.6 Å². The van der Waals surface area contributed by atoms with Crippen LogP contribution in [0.4, 0.5) is 5.95 Å². The first-order valence-electron chi connectivity index (χ1n) is 8.13.